The largest absolute Gasteiger partial charge is 0.390 e. The van der Waals surface area contributed by atoms with Crippen LogP contribution in [0.2, 0.25) is 0 Å². The molecule has 0 heterocycles. The SMILES string of the molecule is CCC(=O)N[C@@H]1c2ccccc2C[C@@H]1O. The molecule has 0 unspecified atom stereocenters. The number of carbonyl (C=O) groups is 1. The van der Waals surface area contributed by atoms with E-state index in [0.717, 1.165) is 11.1 Å². The van der Waals surface area contributed by atoms with Gasteiger partial charge < -0.3 is 10.4 Å². The summed E-state index contributed by atoms with van der Waals surface area (Å²) < 4.78 is 0. The third kappa shape index (κ3) is 1.88. The van der Waals surface area contributed by atoms with Crippen molar-refractivity contribution in [1.82, 2.24) is 5.32 Å². The van der Waals surface area contributed by atoms with Crippen LogP contribution in [0.5, 0.6) is 0 Å². The number of nitrogens with one attached hydrogen (secondary N) is 1. The van der Waals surface area contributed by atoms with Gasteiger partial charge in [-0.15, -0.1) is 0 Å². The Morgan fingerprint density at radius 1 is 1.53 bits per heavy atom. The molecular formula is C12H15NO2. The number of hydrogen-bond donors (Lipinski definition) is 2. The average Bonchev–Trinajstić information content (AvgIpc) is 2.55. The Balaban J connectivity index is 2.22. The molecule has 0 saturated heterocycles. The van der Waals surface area contributed by atoms with Crippen LogP contribution in [-0.2, 0) is 11.2 Å². The van der Waals surface area contributed by atoms with Crippen molar-refractivity contribution in [3.8, 4) is 0 Å². The molecule has 2 N–H and O–H groups in total. The zero-order chi connectivity index (χ0) is 10.8. The van der Waals surface area contributed by atoms with E-state index in [1.165, 1.54) is 0 Å². The molecule has 0 fully saturated rings. The number of rotatable bonds is 2. The van der Waals surface area contributed by atoms with Crippen LogP contribution in [0.3, 0.4) is 0 Å². The molecule has 1 aliphatic carbocycles. The maximum atomic E-state index is 11.3. The summed E-state index contributed by atoms with van der Waals surface area (Å²) in [6, 6.07) is 7.62. The number of aliphatic hydroxyl groups is 1. The predicted octanol–water partition coefficient (Wildman–Crippen LogP) is 1.17. The van der Waals surface area contributed by atoms with Gasteiger partial charge >= 0.3 is 0 Å². The van der Waals surface area contributed by atoms with Gasteiger partial charge in [-0.25, -0.2) is 0 Å². The summed E-state index contributed by atoms with van der Waals surface area (Å²) in [5, 5.41) is 12.7. The van der Waals surface area contributed by atoms with Gasteiger partial charge in [-0.3, -0.25) is 4.79 Å². The Labute approximate surface area is 89.1 Å². The summed E-state index contributed by atoms with van der Waals surface area (Å²) in [5.74, 6) is -0.0178. The molecule has 80 valence electrons. The standard InChI is InChI=1S/C12H15NO2/c1-2-11(15)13-12-9-6-4-3-5-8(9)7-10(12)14/h3-6,10,12,14H,2,7H2,1H3,(H,13,15)/t10-,12+/m0/s1. The predicted molar refractivity (Wildman–Crippen MR) is 57.3 cm³/mol. The average molecular weight is 205 g/mol. The molecule has 0 aromatic heterocycles. The van der Waals surface area contributed by atoms with Crippen LogP contribution < -0.4 is 5.32 Å². The van der Waals surface area contributed by atoms with Gasteiger partial charge in [0.15, 0.2) is 0 Å². The smallest absolute Gasteiger partial charge is 0.220 e. The Bertz CT molecular complexity index is 376. The van der Waals surface area contributed by atoms with E-state index in [1.807, 2.05) is 31.2 Å². The number of carbonyl (C=O) groups excluding carboxylic acids is 1. The maximum absolute atomic E-state index is 11.3. The monoisotopic (exact) mass is 205 g/mol. The van der Waals surface area contributed by atoms with Crippen LogP contribution in [0, 0.1) is 0 Å². The highest BCUT2D eigenvalue weighted by Crippen LogP contribution is 2.31. The number of fused-ring (bicyclic) bond motifs is 1. The number of aliphatic hydroxyl groups excluding tert-OH is 1. The van der Waals surface area contributed by atoms with Crippen molar-refractivity contribution in [3.63, 3.8) is 0 Å². The highest BCUT2D eigenvalue weighted by Gasteiger charge is 2.31. The summed E-state index contributed by atoms with van der Waals surface area (Å²) in [6.07, 6.45) is 0.592. The van der Waals surface area contributed by atoms with Crippen molar-refractivity contribution >= 4 is 5.91 Å². The van der Waals surface area contributed by atoms with E-state index in [4.69, 9.17) is 0 Å². The Kier molecular flexibility index (Phi) is 2.73. The van der Waals surface area contributed by atoms with Crippen molar-refractivity contribution in [2.24, 2.45) is 0 Å². The summed E-state index contributed by atoms with van der Waals surface area (Å²) in [6.45, 7) is 1.81. The topological polar surface area (TPSA) is 49.3 Å². The minimum absolute atomic E-state index is 0.0178. The summed E-state index contributed by atoms with van der Waals surface area (Å²) >= 11 is 0. The van der Waals surface area contributed by atoms with Crippen LogP contribution in [0.1, 0.15) is 30.5 Å². The molecule has 1 aliphatic rings. The van der Waals surface area contributed by atoms with Crippen LogP contribution in [-0.4, -0.2) is 17.1 Å². The molecule has 0 saturated carbocycles. The van der Waals surface area contributed by atoms with E-state index in [9.17, 15) is 9.90 Å². The molecule has 3 heteroatoms. The lowest BCUT2D eigenvalue weighted by atomic mass is 10.1. The van der Waals surface area contributed by atoms with Crippen LogP contribution in [0.15, 0.2) is 24.3 Å². The van der Waals surface area contributed by atoms with Crippen molar-refractivity contribution in [2.45, 2.75) is 31.9 Å². The first-order chi connectivity index (χ1) is 7.22. The van der Waals surface area contributed by atoms with E-state index in [1.54, 1.807) is 0 Å². The highest BCUT2D eigenvalue weighted by atomic mass is 16.3. The van der Waals surface area contributed by atoms with E-state index >= 15 is 0 Å². The number of benzene rings is 1. The number of amides is 1. The number of hydrogen-bond acceptors (Lipinski definition) is 2. The Morgan fingerprint density at radius 3 is 3.00 bits per heavy atom. The molecule has 3 nitrogen and oxygen atoms in total. The molecule has 2 rings (SSSR count). The van der Waals surface area contributed by atoms with Crippen molar-refractivity contribution < 1.29 is 9.90 Å². The van der Waals surface area contributed by atoms with Crippen LogP contribution >= 0.6 is 0 Å². The second-order valence-corrected chi connectivity index (χ2v) is 3.87. The molecule has 15 heavy (non-hydrogen) atoms. The third-order valence-corrected chi connectivity index (χ3v) is 2.84. The van der Waals surface area contributed by atoms with Gasteiger partial charge in [-0.1, -0.05) is 31.2 Å². The lowest BCUT2D eigenvalue weighted by Gasteiger charge is -2.17. The molecule has 2 atom stereocenters. The minimum atomic E-state index is -0.488. The molecule has 1 amide bonds. The zero-order valence-electron chi connectivity index (χ0n) is 8.73. The van der Waals surface area contributed by atoms with Gasteiger partial charge in [0.2, 0.25) is 5.91 Å². The highest BCUT2D eigenvalue weighted by molar-refractivity contribution is 5.76. The van der Waals surface area contributed by atoms with E-state index in [2.05, 4.69) is 5.32 Å². The fourth-order valence-electron chi connectivity index (χ4n) is 2.02. The first kappa shape index (κ1) is 10.2. The molecule has 1 aromatic rings. The van der Waals surface area contributed by atoms with E-state index in [0.29, 0.717) is 12.8 Å². The second kappa shape index (κ2) is 4.03. The van der Waals surface area contributed by atoms with Gasteiger partial charge in [-0.05, 0) is 11.1 Å². The first-order valence-electron chi connectivity index (χ1n) is 5.27. The van der Waals surface area contributed by atoms with Crippen molar-refractivity contribution in [3.05, 3.63) is 35.4 Å². The molecular weight excluding hydrogens is 190 g/mol. The zero-order valence-corrected chi connectivity index (χ0v) is 8.73. The molecule has 1 aromatic carbocycles. The quantitative estimate of drug-likeness (QED) is 0.761. The maximum Gasteiger partial charge on any atom is 0.220 e. The summed E-state index contributed by atoms with van der Waals surface area (Å²) in [5.41, 5.74) is 2.18. The Hall–Kier alpha value is -1.35. The van der Waals surface area contributed by atoms with Gasteiger partial charge in [0.1, 0.15) is 0 Å². The van der Waals surface area contributed by atoms with Crippen molar-refractivity contribution in [1.29, 1.82) is 0 Å². The molecule has 0 radical (unpaired) electrons. The molecule has 0 spiro atoms. The van der Waals surface area contributed by atoms with E-state index in [-0.39, 0.29) is 11.9 Å². The summed E-state index contributed by atoms with van der Waals surface area (Å²) in [4.78, 5) is 11.3. The lowest BCUT2D eigenvalue weighted by molar-refractivity contribution is -0.122. The fraction of sp³-hybridized carbons (Fsp3) is 0.417. The van der Waals surface area contributed by atoms with Crippen molar-refractivity contribution in [2.75, 3.05) is 0 Å². The van der Waals surface area contributed by atoms with Gasteiger partial charge in [0.05, 0.1) is 12.1 Å². The summed E-state index contributed by atoms with van der Waals surface area (Å²) in [7, 11) is 0. The lowest BCUT2D eigenvalue weighted by Crippen LogP contribution is -2.33. The normalized spacial score (nSPS) is 23.6. The van der Waals surface area contributed by atoms with Gasteiger partial charge in [0.25, 0.3) is 0 Å². The molecule has 0 aliphatic heterocycles. The Morgan fingerprint density at radius 2 is 2.27 bits per heavy atom. The molecule has 0 bridgehead atoms. The van der Waals surface area contributed by atoms with Gasteiger partial charge in [0, 0.05) is 12.8 Å². The minimum Gasteiger partial charge on any atom is -0.390 e. The first-order valence-corrected chi connectivity index (χ1v) is 5.27. The fourth-order valence-corrected chi connectivity index (χ4v) is 2.02. The van der Waals surface area contributed by atoms with Gasteiger partial charge in [-0.2, -0.15) is 0 Å². The second-order valence-electron chi connectivity index (χ2n) is 3.87. The third-order valence-electron chi connectivity index (χ3n) is 2.84. The van der Waals surface area contributed by atoms with Crippen LogP contribution in [0.25, 0.3) is 0 Å². The van der Waals surface area contributed by atoms with Crippen LogP contribution in [0.4, 0.5) is 0 Å². The van der Waals surface area contributed by atoms with E-state index < -0.39 is 6.10 Å².